The van der Waals surface area contributed by atoms with Gasteiger partial charge >= 0.3 is 0 Å². The molecule has 0 N–H and O–H groups in total. The van der Waals surface area contributed by atoms with E-state index < -0.39 is 0 Å². The van der Waals surface area contributed by atoms with Crippen LogP contribution in [-0.4, -0.2) is 33.4 Å². The smallest absolute Gasteiger partial charge is 0.227 e. The molecule has 2 aliphatic rings. The Kier molecular flexibility index (Phi) is 2.24. The predicted molar refractivity (Wildman–Crippen MR) is 60.7 cm³/mol. The number of carbonyl (C=O) groups is 1. The van der Waals surface area contributed by atoms with Crippen molar-refractivity contribution in [2.45, 2.75) is 13.1 Å². The van der Waals surface area contributed by atoms with Gasteiger partial charge in [-0.05, 0) is 12.1 Å². The lowest BCUT2D eigenvalue weighted by molar-refractivity contribution is -0.135. The van der Waals surface area contributed by atoms with Crippen molar-refractivity contribution in [2.75, 3.05) is 18.1 Å². The fourth-order valence-corrected chi connectivity index (χ4v) is 2.90. The molecular formula is C11H14N2OS. The van der Waals surface area contributed by atoms with Gasteiger partial charge in [0.05, 0.1) is 12.5 Å². The summed E-state index contributed by atoms with van der Waals surface area (Å²) in [5, 5.41) is 0. The lowest BCUT2D eigenvalue weighted by Gasteiger charge is -2.34. The van der Waals surface area contributed by atoms with E-state index in [0.717, 1.165) is 31.1 Å². The average Bonchev–Trinajstić information content (AvgIpc) is 2.61. The van der Waals surface area contributed by atoms with Crippen molar-refractivity contribution in [1.29, 1.82) is 0 Å². The van der Waals surface area contributed by atoms with E-state index in [-0.39, 0.29) is 0 Å². The van der Waals surface area contributed by atoms with Crippen LogP contribution >= 0.6 is 11.8 Å². The SMILES string of the molecule is O=C(C1CSC1)N1CCn2cccc2C1. The summed E-state index contributed by atoms with van der Waals surface area (Å²) in [5.74, 6) is 2.71. The van der Waals surface area contributed by atoms with E-state index in [2.05, 4.69) is 22.9 Å². The molecule has 2 aliphatic heterocycles. The van der Waals surface area contributed by atoms with E-state index in [1.54, 1.807) is 0 Å². The van der Waals surface area contributed by atoms with Crippen molar-refractivity contribution in [3.05, 3.63) is 24.0 Å². The second-order valence-electron chi connectivity index (χ2n) is 4.19. The quantitative estimate of drug-likeness (QED) is 0.713. The molecule has 0 atom stereocenters. The Balaban J connectivity index is 1.72. The van der Waals surface area contributed by atoms with E-state index in [1.807, 2.05) is 16.7 Å². The molecule has 0 aromatic carbocycles. The van der Waals surface area contributed by atoms with Crippen LogP contribution in [0.4, 0.5) is 0 Å². The van der Waals surface area contributed by atoms with Crippen LogP contribution in [0.3, 0.4) is 0 Å². The summed E-state index contributed by atoms with van der Waals surface area (Å²) in [6.07, 6.45) is 2.09. The van der Waals surface area contributed by atoms with Crippen molar-refractivity contribution >= 4 is 17.7 Å². The number of rotatable bonds is 1. The van der Waals surface area contributed by atoms with Crippen LogP contribution in [0.2, 0.25) is 0 Å². The number of hydrogen-bond acceptors (Lipinski definition) is 2. The summed E-state index contributed by atoms with van der Waals surface area (Å²) in [4.78, 5) is 14.0. The Morgan fingerprint density at radius 1 is 1.40 bits per heavy atom. The Bertz CT molecular complexity index is 384. The van der Waals surface area contributed by atoms with Crippen molar-refractivity contribution in [1.82, 2.24) is 9.47 Å². The first-order valence-corrected chi connectivity index (χ1v) is 6.50. The molecule has 1 aromatic heterocycles. The molecule has 3 heterocycles. The van der Waals surface area contributed by atoms with Gasteiger partial charge in [-0.25, -0.2) is 0 Å². The van der Waals surface area contributed by atoms with Gasteiger partial charge in [-0.3, -0.25) is 4.79 Å². The highest BCUT2D eigenvalue weighted by Gasteiger charge is 2.31. The van der Waals surface area contributed by atoms with Gasteiger partial charge in [0.1, 0.15) is 0 Å². The number of fused-ring (bicyclic) bond motifs is 1. The summed E-state index contributed by atoms with van der Waals surface area (Å²) < 4.78 is 2.24. The van der Waals surface area contributed by atoms with Crippen molar-refractivity contribution in [3.8, 4) is 0 Å². The average molecular weight is 222 g/mol. The highest BCUT2D eigenvalue weighted by atomic mass is 32.2. The fourth-order valence-electron chi connectivity index (χ4n) is 2.14. The highest BCUT2D eigenvalue weighted by molar-refractivity contribution is 8.00. The third-order valence-electron chi connectivity index (χ3n) is 3.19. The molecule has 3 nitrogen and oxygen atoms in total. The van der Waals surface area contributed by atoms with E-state index >= 15 is 0 Å². The van der Waals surface area contributed by atoms with Crippen LogP contribution in [0.25, 0.3) is 0 Å². The summed E-state index contributed by atoms with van der Waals surface area (Å²) in [7, 11) is 0. The third-order valence-corrected chi connectivity index (χ3v) is 4.46. The molecule has 15 heavy (non-hydrogen) atoms. The van der Waals surface area contributed by atoms with E-state index in [4.69, 9.17) is 0 Å². The molecule has 0 radical (unpaired) electrons. The largest absolute Gasteiger partial charge is 0.348 e. The second-order valence-corrected chi connectivity index (χ2v) is 5.26. The molecule has 80 valence electrons. The molecule has 1 aromatic rings. The van der Waals surface area contributed by atoms with E-state index in [1.165, 1.54) is 5.69 Å². The minimum atomic E-state index is 0.302. The van der Waals surface area contributed by atoms with Gasteiger partial charge in [-0.1, -0.05) is 0 Å². The van der Waals surface area contributed by atoms with Crippen LogP contribution in [0, 0.1) is 5.92 Å². The van der Waals surface area contributed by atoms with Crippen molar-refractivity contribution in [2.24, 2.45) is 5.92 Å². The molecule has 4 heteroatoms. The maximum absolute atomic E-state index is 12.0. The zero-order valence-corrected chi connectivity index (χ0v) is 9.37. The Morgan fingerprint density at radius 3 is 3.00 bits per heavy atom. The third kappa shape index (κ3) is 1.57. The molecule has 1 fully saturated rings. The Morgan fingerprint density at radius 2 is 2.27 bits per heavy atom. The lowest BCUT2D eigenvalue weighted by atomic mass is 10.1. The summed E-state index contributed by atoms with van der Waals surface area (Å²) >= 11 is 1.87. The Hall–Kier alpha value is -0.900. The number of nitrogens with zero attached hydrogens (tertiary/aromatic N) is 2. The predicted octanol–water partition coefficient (Wildman–Crippen LogP) is 1.19. The van der Waals surface area contributed by atoms with Gasteiger partial charge in [0.25, 0.3) is 0 Å². The molecule has 0 bridgehead atoms. The molecule has 0 spiro atoms. The molecule has 1 saturated heterocycles. The second kappa shape index (κ2) is 3.59. The summed E-state index contributed by atoms with van der Waals surface area (Å²) in [6, 6.07) is 4.16. The topological polar surface area (TPSA) is 25.2 Å². The maximum atomic E-state index is 12.0. The summed E-state index contributed by atoms with van der Waals surface area (Å²) in [5.41, 5.74) is 1.27. The van der Waals surface area contributed by atoms with Crippen molar-refractivity contribution in [3.63, 3.8) is 0 Å². The minimum absolute atomic E-state index is 0.302. The zero-order valence-electron chi connectivity index (χ0n) is 8.56. The molecular weight excluding hydrogens is 208 g/mol. The van der Waals surface area contributed by atoms with Gasteiger partial charge in [0, 0.05) is 36.5 Å². The van der Waals surface area contributed by atoms with Crippen LogP contribution < -0.4 is 0 Å². The first-order chi connectivity index (χ1) is 7.34. The molecule has 1 amide bonds. The summed E-state index contributed by atoms with van der Waals surface area (Å²) in [6.45, 7) is 2.63. The standard InChI is InChI=1S/C11H14N2OS/c14-11(9-7-15-8-9)13-5-4-12-3-1-2-10(12)6-13/h1-3,9H,4-8H2. The van der Waals surface area contributed by atoms with Crippen LogP contribution in [0.5, 0.6) is 0 Å². The molecule has 0 saturated carbocycles. The van der Waals surface area contributed by atoms with Gasteiger partial charge in [-0.2, -0.15) is 11.8 Å². The van der Waals surface area contributed by atoms with Crippen LogP contribution in [0.15, 0.2) is 18.3 Å². The number of amides is 1. The number of aromatic nitrogens is 1. The van der Waals surface area contributed by atoms with Crippen LogP contribution in [0.1, 0.15) is 5.69 Å². The Labute approximate surface area is 93.4 Å². The molecule has 0 unspecified atom stereocenters. The van der Waals surface area contributed by atoms with Crippen molar-refractivity contribution < 1.29 is 4.79 Å². The first kappa shape index (κ1) is 9.33. The minimum Gasteiger partial charge on any atom is -0.348 e. The lowest BCUT2D eigenvalue weighted by Crippen LogP contribution is -2.44. The van der Waals surface area contributed by atoms with Gasteiger partial charge in [0.15, 0.2) is 0 Å². The number of carbonyl (C=O) groups excluding carboxylic acids is 1. The highest BCUT2D eigenvalue weighted by Crippen LogP contribution is 2.27. The first-order valence-electron chi connectivity index (χ1n) is 5.35. The van der Waals surface area contributed by atoms with Gasteiger partial charge in [0.2, 0.25) is 5.91 Å². The van der Waals surface area contributed by atoms with E-state index in [9.17, 15) is 4.79 Å². The van der Waals surface area contributed by atoms with E-state index in [0.29, 0.717) is 11.8 Å². The normalized spacial score (nSPS) is 20.9. The zero-order chi connectivity index (χ0) is 10.3. The molecule has 3 rings (SSSR count). The van der Waals surface area contributed by atoms with Gasteiger partial charge in [-0.15, -0.1) is 0 Å². The van der Waals surface area contributed by atoms with Gasteiger partial charge < -0.3 is 9.47 Å². The number of hydrogen-bond donors (Lipinski definition) is 0. The monoisotopic (exact) mass is 222 g/mol. The number of thioether (sulfide) groups is 1. The van der Waals surface area contributed by atoms with Crippen LogP contribution in [-0.2, 0) is 17.9 Å². The maximum Gasteiger partial charge on any atom is 0.227 e. The molecule has 0 aliphatic carbocycles. The fraction of sp³-hybridized carbons (Fsp3) is 0.545.